The molecule has 1 unspecified atom stereocenters. The molecule has 92 valence electrons. The number of aliphatic carboxylic acids is 1. The Balaban J connectivity index is 2.12. The maximum absolute atomic E-state index is 13.0. The zero-order chi connectivity index (χ0) is 12.2. The van der Waals surface area contributed by atoms with Crippen molar-refractivity contribution in [1.29, 1.82) is 0 Å². The average Bonchev–Trinajstić information content (AvgIpc) is 2.70. The van der Waals surface area contributed by atoms with E-state index >= 15 is 0 Å². The third-order valence-electron chi connectivity index (χ3n) is 4.60. The molecule has 0 saturated heterocycles. The lowest BCUT2D eigenvalue weighted by atomic mass is 9.73. The highest BCUT2D eigenvalue weighted by atomic mass is 19.3. The molecule has 1 N–H and O–H groups in total. The van der Waals surface area contributed by atoms with Gasteiger partial charge in [-0.1, -0.05) is 13.8 Å². The van der Waals surface area contributed by atoms with E-state index in [-0.39, 0.29) is 24.2 Å². The number of rotatable bonds is 2. The van der Waals surface area contributed by atoms with Gasteiger partial charge in [0, 0.05) is 12.8 Å². The predicted octanol–water partition coefficient (Wildman–Crippen LogP) is 3.31. The van der Waals surface area contributed by atoms with Gasteiger partial charge in [-0.3, -0.25) is 4.79 Å². The second-order valence-electron chi connectivity index (χ2n) is 5.97. The molecule has 2 rings (SSSR count). The first-order valence-electron chi connectivity index (χ1n) is 5.83. The summed E-state index contributed by atoms with van der Waals surface area (Å²) in [5.74, 6) is -3.44. The van der Waals surface area contributed by atoms with Gasteiger partial charge >= 0.3 is 5.97 Å². The van der Waals surface area contributed by atoms with Crippen LogP contribution in [0.1, 0.15) is 46.0 Å². The number of carboxylic acids is 1. The number of hydrogen-bond donors (Lipinski definition) is 1. The third kappa shape index (κ3) is 1.54. The lowest BCUT2D eigenvalue weighted by molar-refractivity contribution is -0.150. The minimum atomic E-state index is -2.57. The monoisotopic (exact) mass is 232 g/mol. The minimum absolute atomic E-state index is 0.0698. The van der Waals surface area contributed by atoms with Crippen molar-refractivity contribution in [2.24, 2.45) is 16.7 Å². The topological polar surface area (TPSA) is 37.3 Å². The van der Waals surface area contributed by atoms with Gasteiger partial charge in [-0.15, -0.1) is 0 Å². The maximum Gasteiger partial charge on any atom is 0.310 e. The summed E-state index contributed by atoms with van der Waals surface area (Å²) in [4.78, 5) is 11.4. The standard InChI is InChI=1S/C12H18F2O2/c1-10(2)7-12(10,9(15)16)8-3-5-11(13,14)6-4-8/h8H,3-7H2,1-2H3,(H,15,16). The van der Waals surface area contributed by atoms with Crippen LogP contribution in [0.4, 0.5) is 8.78 Å². The van der Waals surface area contributed by atoms with Crippen LogP contribution in [-0.4, -0.2) is 17.0 Å². The molecule has 0 spiro atoms. The van der Waals surface area contributed by atoms with Crippen LogP contribution in [0.3, 0.4) is 0 Å². The molecule has 0 aromatic heterocycles. The van der Waals surface area contributed by atoms with Crippen LogP contribution >= 0.6 is 0 Å². The largest absolute Gasteiger partial charge is 0.481 e. The van der Waals surface area contributed by atoms with Crippen molar-refractivity contribution in [1.82, 2.24) is 0 Å². The van der Waals surface area contributed by atoms with Gasteiger partial charge in [0.1, 0.15) is 0 Å². The van der Waals surface area contributed by atoms with Gasteiger partial charge in [-0.25, -0.2) is 8.78 Å². The Morgan fingerprint density at radius 1 is 1.25 bits per heavy atom. The van der Waals surface area contributed by atoms with Crippen molar-refractivity contribution >= 4 is 5.97 Å². The van der Waals surface area contributed by atoms with Crippen LogP contribution in [0, 0.1) is 16.7 Å². The molecule has 0 amide bonds. The molecule has 0 aromatic carbocycles. The van der Waals surface area contributed by atoms with Crippen LogP contribution < -0.4 is 0 Å². The lowest BCUT2D eigenvalue weighted by Gasteiger charge is -2.33. The van der Waals surface area contributed by atoms with E-state index in [0.717, 1.165) is 0 Å². The zero-order valence-corrected chi connectivity index (χ0v) is 9.72. The molecular formula is C12H18F2O2. The van der Waals surface area contributed by atoms with Crippen LogP contribution in [0.2, 0.25) is 0 Å². The van der Waals surface area contributed by atoms with E-state index in [4.69, 9.17) is 0 Å². The predicted molar refractivity (Wildman–Crippen MR) is 55.4 cm³/mol. The molecular weight excluding hydrogens is 214 g/mol. The Bertz CT molecular complexity index is 315. The smallest absolute Gasteiger partial charge is 0.310 e. The van der Waals surface area contributed by atoms with Gasteiger partial charge in [-0.2, -0.15) is 0 Å². The first kappa shape index (κ1) is 11.8. The molecule has 1 atom stereocenters. The minimum Gasteiger partial charge on any atom is -0.481 e. The van der Waals surface area contributed by atoms with Crippen molar-refractivity contribution in [3.05, 3.63) is 0 Å². The summed E-state index contributed by atoms with van der Waals surface area (Å²) in [7, 11) is 0. The summed E-state index contributed by atoms with van der Waals surface area (Å²) in [5, 5.41) is 9.33. The Morgan fingerprint density at radius 2 is 1.69 bits per heavy atom. The molecule has 2 aliphatic carbocycles. The maximum atomic E-state index is 13.0. The summed E-state index contributed by atoms with van der Waals surface area (Å²) < 4.78 is 26.1. The second-order valence-corrected chi connectivity index (χ2v) is 5.97. The first-order valence-corrected chi connectivity index (χ1v) is 5.83. The molecule has 0 radical (unpaired) electrons. The van der Waals surface area contributed by atoms with Crippen LogP contribution in [0.15, 0.2) is 0 Å². The highest BCUT2D eigenvalue weighted by molar-refractivity contribution is 5.80. The second kappa shape index (κ2) is 3.17. The van der Waals surface area contributed by atoms with E-state index in [2.05, 4.69) is 0 Å². The summed E-state index contributed by atoms with van der Waals surface area (Å²) in [6.07, 6.45) is 1.03. The highest BCUT2D eigenvalue weighted by Crippen LogP contribution is 2.70. The van der Waals surface area contributed by atoms with Crippen LogP contribution in [0.25, 0.3) is 0 Å². The summed E-state index contributed by atoms with van der Waals surface area (Å²) >= 11 is 0. The van der Waals surface area contributed by atoms with E-state index in [1.54, 1.807) is 0 Å². The summed E-state index contributed by atoms with van der Waals surface area (Å²) in [5.41, 5.74) is -0.959. The molecule has 4 heteroatoms. The quantitative estimate of drug-likeness (QED) is 0.793. The molecule has 16 heavy (non-hydrogen) atoms. The Morgan fingerprint density at radius 3 is 2.00 bits per heavy atom. The van der Waals surface area contributed by atoms with E-state index < -0.39 is 17.3 Å². The zero-order valence-electron chi connectivity index (χ0n) is 9.72. The molecule has 2 nitrogen and oxygen atoms in total. The van der Waals surface area contributed by atoms with Crippen molar-refractivity contribution in [3.8, 4) is 0 Å². The van der Waals surface area contributed by atoms with E-state index in [0.29, 0.717) is 19.3 Å². The van der Waals surface area contributed by atoms with Crippen LogP contribution in [0.5, 0.6) is 0 Å². The van der Waals surface area contributed by atoms with Gasteiger partial charge in [0.15, 0.2) is 0 Å². The fourth-order valence-corrected chi connectivity index (χ4v) is 3.42. The lowest BCUT2D eigenvalue weighted by Crippen LogP contribution is -2.35. The highest BCUT2D eigenvalue weighted by Gasteiger charge is 2.70. The third-order valence-corrected chi connectivity index (χ3v) is 4.60. The fourth-order valence-electron chi connectivity index (χ4n) is 3.42. The molecule has 0 aromatic rings. The first-order chi connectivity index (χ1) is 7.21. The molecule has 0 aliphatic heterocycles. The normalized spacial score (nSPS) is 37.0. The number of alkyl halides is 2. The van der Waals surface area contributed by atoms with Crippen molar-refractivity contribution < 1.29 is 18.7 Å². The fraction of sp³-hybridized carbons (Fsp3) is 0.917. The number of carboxylic acid groups (broad SMARTS) is 1. The average molecular weight is 232 g/mol. The summed E-state index contributed by atoms with van der Waals surface area (Å²) in [6, 6.07) is 0. The van der Waals surface area contributed by atoms with E-state index in [9.17, 15) is 18.7 Å². The SMILES string of the molecule is CC1(C)CC1(C(=O)O)C1CCC(F)(F)CC1. The Kier molecular flexibility index (Phi) is 2.34. The molecule has 2 saturated carbocycles. The van der Waals surface area contributed by atoms with Crippen molar-refractivity contribution in [2.75, 3.05) is 0 Å². The van der Waals surface area contributed by atoms with Gasteiger partial charge in [0.25, 0.3) is 0 Å². The number of carbonyl (C=O) groups is 1. The summed E-state index contributed by atoms with van der Waals surface area (Å²) in [6.45, 7) is 3.85. The molecule has 2 fully saturated rings. The van der Waals surface area contributed by atoms with Gasteiger partial charge < -0.3 is 5.11 Å². The molecule has 0 heterocycles. The number of halogens is 2. The van der Waals surface area contributed by atoms with Crippen molar-refractivity contribution in [3.63, 3.8) is 0 Å². The van der Waals surface area contributed by atoms with E-state index in [1.165, 1.54) is 0 Å². The van der Waals surface area contributed by atoms with Gasteiger partial charge in [0.2, 0.25) is 5.92 Å². The van der Waals surface area contributed by atoms with E-state index in [1.807, 2.05) is 13.8 Å². The Labute approximate surface area is 94.0 Å². The van der Waals surface area contributed by atoms with Gasteiger partial charge in [0.05, 0.1) is 5.41 Å². The molecule has 2 aliphatic rings. The van der Waals surface area contributed by atoms with Crippen molar-refractivity contribution in [2.45, 2.75) is 51.9 Å². The van der Waals surface area contributed by atoms with Crippen LogP contribution in [-0.2, 0) is 4.79 Å². The van der Waals surface area contributed by atoms with Gasteiger partial charge in [-0.05, 0) is 30.6 Å². The molecule has 0 bridgehead atoms. The number of hydrogen-bond acceptors (Lipinski definition) is 1. The Hall–Kier alpha value is -0.670.